The van der Waals surface area contributed by atoms with E-state index in [0.29, 0.717) is 33.4 Å². The largest absolute Gasteiger partial charge is 0.497 e. The normalized spacial score (nSPS) is 10.4. The minimum atomic E-state index is 0.250. The monoisotopic (exact) mass is 352 g/mol. The van der Waals surface area contributed by atoms with Crippen LogP contribution >= 0.6 is 11.6 Å². The van der Waals surface area contributed by atoms with Gasteiger partial charge >= 0.3 is 0 Å². The van der Waals surface area contributed by atoms with Crippen molar-refractivity contribution in [3.05, 3.63) is 70.7 Å². The molecule has 0 aliphatic heterocycles. The predicted molar refractivity (Wildman–Crippen MR) is 101 cm³/mol. The lowest BCUT2D eigenvalue weighted by atomic mass is 10.0. The van der Waals surface area contributed by atoms with Gasteiger partial charge in [0.1, 0.15) is 11.4 Å². The Hall–Kier alpha value is -2.92. The Morgan fingerprint density at radius 3 is 2.52 bits per heavy atom. The highest BCUT2D eigenvalue weighted by Gasteiger charge is 2.20. The van der Waals surface area contributed by atoms with Crippen LogP contribution in [0.15, 0.2) is 54.6 Å². The van der Waals surface area contributed by atoms with Crippen LogP contribution in [0.5, 0.6) is 5.75 Å². The van der Waals surface area contributed by atoms with E-state index < -0.39 is 0 Å². The van der Waals surface area contributed by atoms with Gasteiger partial charge < -0.3 is 10.1 Å². The van der Waals surface area contributed by atoms with E-state index in [4.69, 9.17) is 21.7 Å². The summed E-state index contributed by atoms with van der Waals surface area (Å²) >= 11 is 6.63. The number of anilines is 1. The molecular formula is C19H17ClN4O. The van der Waals surface area contributed by atoms with Crippen LogP contribution in [-0.4, -0.2) is 30.1 Å². The van der Waals surface area contributed by atoms with Gasteiger partial charge in [0.05, 0.1) is 23.4 Å². The van der Waals surface area contributed by atoms with E-state index in [0.717, 1.165) is 5.56 Å². The van der Waals surface area contributed by atoms with Crippen molar-refractivity contribution >= 4 is 23.1 Å². The number of nitrogens with one attached hydrogen (secondary N) is 2. The first-order valence-corrected chi connectivity index (χ1v) is 8.06. The summed E-state index contributed by atoms with van der Waals surface area (Å²) in [5.41, 5.74) is 2.84. The molecule has 3 rings (SSSR count). The molecule has 0 amide bonds. The Labute approximate surface area is 151 Å². The third kappa shape index (κ3) is 3.32. The molecule has 2 N–H and O–H groups in total. The Kier molecular flexibility index (Phi) is 4.95. The Balaban J connectivity index is 2.15. The maximum atomic E-state index is 8.64. The van der Waals surface area contributed by atoms with E-state index in [1.165, 1.54) is 0 Å². The lowest BCUT2D eigenvalue weighted by molar-refractivity contribution is 0.414. The molecule has 0 saturated carbocycles. The van der Waals surface area contributed by atoms with Crippen molar-refractivity contribution in [2.45, 2.75) is 0 Å². The molecule has 126 valence electrons. The summed E-state index contributed by atoms with van der Waals surface area (Å²) in [6.45, 7) is 0. The fraction of sp³-hybridized carbons (Fsp3) is 0.105. The first kappa shape index (κ1) is 16.9. The highest BCUT2D eigenvalue weighted by Crippen LogP contribution is 2.33. The van der Waals surface area contributed by atoms with Gasteiger partial charge in [-0.25, -0.2) is 0 Å². The van der Waals surface area contributed by atoms with Crippen LogP contribution < -0.4 is 10.1 Å². The van der Waals surface area contributed by atoms with Crippen LogP contribution in [0.3, 0.4) is 0 Å². The molecule has 0 aliphatic rings. The van der Waals surface area contributed by atoms with Gasteiger partial charge in [-0.05, 0) is 12.1 Å². The maximum absolute atomic E-state index is 8.64. The van der Waals surface area contributed by atoms with Gasteiger partial charge in [-0.3, -0.25) is 5.41 Å². The van der Waals surface area contributed by atoms with Gasteiger partial charge in [0.25, 0.3) is 0 Å². The van der Waals surface area contributed by atoms with Crippen LogP contribution in [0.2, 0.25) is 5.02 Å². The SMILES string of the molecule is CNc1nnc(-c2ccccc2)c(Cl)c1C(=N)c1cccc(OC)c1. The first-order chi connectivity index (χ1) is 12.2. The predicted octanol–water partition coefficient (Wildman–Crippen LogP) is 4.26. The molecule has 0 spiro atoms. The van der Waals surface area contributed by atoms with E-state index in [2.05, 4.69) is 15.5 Å². The van der Waals surface area contributed by atoms with Crippen molar-refractivity contribution in [1.82, 2.24) is 10.2 Å². The summed E-state index contributed by atoms with van der Waals surface area (Å²) in [5.74, 6) is 1.13. The number of aromatic nitrogens is 2. The quantitative estimate of drug-likeness (QED) is 0.673. The van der Waals surface area contributed by atoms with E-state index in [9.17, 15) is 0 Å². The topological polar surface area (TPSA) is 70.9 Å². The van der Waals surface area contributed by atoms with E-state index >= 15 is 0 Å². The highest BCUT2D eigenvalue weighted by atomic mass is 35.5. The molecule has 0 saturated heterocycles. The standard InChI is InChI=1S/C19H17ClN4O/c1-22-19-15(17(21)13-9-6-10-14(11-13)25-2)16(20)18(23-24-19)12-7-4-3-5-8-12/h3-11,21H,1-2H3,(H,22,24). The Bertz CT molecular complexity index is 913. The van der Waals surface area contributed by atoms with Crippen molar-refractivity contribution in [3.8, 4) is 17.0 Å². The maximum Gasteiger partial charge on any atom is 0.159 e. The molecule has 5 nitrogen and oxygen atoms in total. The molecule has 0 fully saturated rings. The van der Waals surface area contributed by atoms with Crippen molar-refractivity contribution in [2.24, 2.45) is 0 Å². The van der Waals surface area contributed by atoms with Crippen molar-refractivity contribution in [1.29, 1.82) is 5.41 Å². The minimum Gasteiger partial charge on any atom is -0.497 e. The van der Waals surface area contributed by atoms with Gasteiger partial charge in [-0.1, -0.05) is 54.1 Å². The third-order valence-corrected chi connectivity index (χ3v) is 4.17. The molecule has 0 atom stereocenters. The van der Waals surface area contributed by atoms with Crippen LogP contribution in [-0.2, 0) is 0 Å². The number of rotatable bonds is 5. The molecule has 6 heteroatoms. The average Bonchev–Trinajstić information content (AvgIpc) is 2.67. The molecule has 0 radical (unpaired) electrons. The second kappa shape index (κ2) is 7.32. The van der Waals surface area contributed by atoms with Crippen LogP contribution in [0.4, 0.5) is 5.82 Å². The summed E-state index contributed by atoms with van der Waals surface area (Å²) in [6.07, 6.45) is 0. The van der Waals surface area contributed by atoms with E-state index in [1.54, 1.807) is 20.2 Å². The lowest BCUT2D eigenvalue weighted by Gasteiger charge is -2.14. The lowest BCUT2D eigenvalue weighted by Crippen LogP contribution is -2.10. The molecule has 2 aromatic carbocycles. The second-order valence-electron chi connectivity index (χ2n) is 5.31. The molecular weight excluding hydrogens is 336 g/mol. The molecule has 3 aromatic rings. The fourth-order valence-corrected chi connectivity index (χ4v) is 2.85. The number of methoxy groups -OCH3 is 1. The smallest absolute Gasteiger partial charge is 0.159 e. The second-order valence-corrected chi connectivity index (χ2v) is 5.69. The van der Waals surface area contributed by atoms with Crippen LogP contribution in [0.1, 0.15) is 11.1 Å². The number of benzene rings is 2. The third-order valence-electron chi connectivity index (χ3n) is 3.81. The van der Waals surface area contributed by atoms with E-state index in [1.807, 2.05) is 48.5 Å². The van der Waals surface area contributed by atoms with Gasteiger partial charge in [0.2, 0.25) is 0 Å². The van der Waals surface area contributed by atoms with Crippen molar-refractivity contribution < 1.29 is 4.74 Å². The molecule has 0 unspecified atom stereocenters. The summed E-state index contributed by atoms with van der Waals surface area (Å²) < 4.78 is 5.25. The number of nitrogens with zero attached hydrogens (tertiary/aromatic N) is 2. The zero-order valence-electron chi connectivity index (χ0n) is 13.9. The number of hydrogen-bond acceptors (Lipinski definition) is 5. The summed E-state index contributed by atoms with van der Waals surface area (Å²) in [4.78, 5) is 0. The fourth-order valence-electron chi connectivity index (χ4n) is 2.52. The van der Waals surface area contributed by atoms with Gasteiger partial charge in [-0.2, -0.15) is 0 Å². The van der Waals surface area contributed by atoms with Gasteiger partial charge in [0.15, 0.2) is 5.82 Å². The van der Waals surface area contributed by atoms with Crippen LogP contribution in [0.25, 0.3) is 11.3 Å². The number of hydrogen-bond donors (Lipinski definition) is 2. The summed E-state index contributed by atoms with van der Waals surface area (Å²) in [6, 6.07) is 16.9. The molecule has 0 bridgehead atoms. The zero-order chi connectivity index (χ0) is 17.8. The first-order valence-electron chi connectivity index (χ1n) is 7.68. The van der Waals surface area contributed by atoms with Gasteiger partial charge in [-0.15, -0.1) is 10.2 Å². The number of halogens is 1. The van der Waals surface area contributed by atoms with Crippen LogP contribution in [0, 0.1) is 5.41 Å². The van der Waals surface area contributed by atoms with Crippen molar-refractivity contribution in [3.63, 3.8) is 0 Å². The van der Waals surface area contributed by atoms with E-state index in [-0.39, 0.29) is 5.71 Å². The summed E-state index contributed by atoms with van der Waals surface area (Å²) in [7, 11) is 3.32. The number of ether oxygens (including phenoxy) is 1. The average molecular weight is 353 g/mol. The van der Waals surface area contributed by atoms with Crippen molar-refractivity contribution in [2.75, 3.05) is 19.5 Å². The van der Waals surface area contributed by atoms with Gasteiger partial charge in [0, 0.05) is 18.2 Å². The Morgan fingerprint density at radius 1 is 1.08 bits per heavy atom. The molecule has 25 heavy (non-hydrogen) atoms. The highest BCUT2D eigenvalue weighted by molar-refractivity contribution is 6.38. The zero-order valence-corrected chi connectivity index (χ0v) is 14.6. The molecule has 0 aliphatic carbocycles. The summed E-state index contributed by atoms with van der Waals surface area (Å²) in [5, 5.41) is 20.4. The molecule has 1 heterocycles. The minimum absolute atomic E-state index is 0.250. The molecule has 1 aromatic heterocycles. The Morgan fingerprint density at radius 2 is 1.84 bits per heavy atom.